The predicted molar refractivity (Wildman–Crippen MR) is 107 cm³/mol. The first-order valence-electron chi connectivity index (χ1n) is 8.55. The van der Waals surface area contributed by atoms with Crippen LogP contribution in [0.25, 0.3) is 11.1 Å². The van der Waals surface area contributed by atoms with Crippen LogP contribution in [0, 0.1) is 0 Å². The molecule has 6 nitrogen and oxygen atoms in total. The lowest BCUT2D eigenvalue weighted by molar-refractivity contribution is -0.157. The van der Waals surface area contributed by atoms with Crippen molar-refractivity contribution in [3.05, 3.63) is 62.6 Å². The number of aromatic nitrogens is 1. The Morgan fingerprint density at radius 2 is 1.89 bits per heavy atom. The molecule has 1 aromatic heterocycles. The molecule has 0 bridgehead atoms. The molecule has 0 spiro atoms. The van der Waals surface area contributed by atoms with Crippen LogP contribution in [0.15, 0.2) is 45.6 Å². The van der Waals surface area contributed by atoms with Crippen LogP contribution in [-0.2, 0) is 16.1 Å². The molecule has 0 N–H and O–H groups in total. The van der Waals surface area contributed by atoms with Gasteiger partial charge in [-0.2, -0.15) is 0 Å². The number of fused-ring (bicyclic) bond motifs is 1. The van der Waals surface area contributed by atoms with Crippen molar-refractivity contribution in [1.29, 1.82) is 0 Å². The molecule has 0 atom stereocenters. The highest BCUT2D eigenvalue weighted by Crippen LogP contribution is 2.27. The van der Waals surface area contributed by atoms with Crippen molar-refractivity contribution < 1.29 is 18.7 Å². The van der Waals surface area contributed by atoms with E-state index in [9.17, 15) is 9.59 Å². The molecular formula is C20H19Cl2NO5. The van der Waals surface area contributed by atoms with E-state index in [-0.39, 0.29) is 13.2 Å². The van der Waals surface area contributed by atoms with Crippen LogP contribution in [0.3, 0.4) is 0 Å². The molecule has 1 heterocycles. The summed E-state index contributed by atoms with van der Waals surface area (Å²) in [7, 11) is 0. The summed E-state index contributed by atoms with van der Waals surface area (Å²) >= 11 is 12.0. The molecular weight excluding hydrogens is 405 g/mol. The second-order valence-corrected chi connectivity index (χ2v) is 7.99. The number of para-hydroxylation sites is 1. The molecule has 3 rings (SSSR count). The molecule has 0 saturated heterocycles. The van der Waals surface area contributed by atoms with Crippen LogP contribution < -0.4 is 10.5 Å². The highest BCUT2D eigenvalue weighted by Gasteiger charge is 2.19. The third kappa shape index (κ3) is 4.69. The van der Waals surface area contributed by atoms with Crippen LogP contribution >= 0.6 is 23.2 Å². The highest BCUT2D eigenvalue weighted by atomic mass is 35.5. The van der Waals surface area contributed by atoms with Crippen molar-refractivity contribution >= 4 is 40.3 Å². The summed E-state index contributed by atoms with van der Waals surface area (Å²) < 4.78 is 17.6. The van der Waals surface area contributed by atoms with E-state index >= 15 is 0 Å². The number of hydrogen-bond donors (Lipinski definition) is 0. The molecule has 0 saturated carbocycles. The maximum atomic E-state index is 12.4. The molecule has 0 aliphatic rings. The average Bonchev–Trinajstić information content (AvgIpc) is 2.91. The van der Waals surface area contributed by atoms with E-state index in [2.05, 4.69) is 0 Å². The van der Waals surface area contributed by atoms with Gasteiger partial charge in [0.2, 0.25) is 0 Å². The predicted octanol–water partition coefficient (Wildman–Crippen LogP) is 4.67. The van der Waals surface area contributed by atoms with Gasteiger partial charge in [0, 0.05) is 0 Å². The Kier molecular flexibility index (Phi) is 5.72. The number of hydrogen-bond acceptors (Lipinski definition) is 5. The number of ether oxygens (including phenoxy) is 2. The van der Waals surface area contributed by atoms with Gasteiger partial charge in [-0.1, -0.05) is 35.3 Å². The van der Waals surface area contributed by atoms with Gasteiger partial charge in [0.05, 0.1) is 16.6 Å². The van der Waals surface area contributed by atoms with Gasteiger partial charge in [-0.05, 0) is 50.6 Å². The van der Waals surface area contributed by atoms with Gasteiger partial charge < -0.3 is 13.9 Å². The number of benzene rings is 2. The molecule has 3 aromatic rings. The van der Waals surface area contributed by atoms with Gasteiger partial charge in [-0.3, -0.25) is 4.57 Å². The Labute approximate surface area is 171 Å². The standard InChI is InChI=1S/C20H19Cl2NO5/c1-20(2,3)28-17(24)11-26-15-5-4-6-16-18(15)23(19(25)27-16)10-12-7-8-13(21)14(22)9-12/h4-9H,10-11H2,1-3H3. The van der Waals surface area contributed by atoms with Crippen LogP contribution in [0.4, 0.5) is 0 Å². The van der Waals surface area contributed by atoms with Gasteiger partial charge in [0.25, 0.3) is 0 Å². The average molecular weight is 424 g/mol. The summed E-state index contributed by atoms with van der Waals surface area (Å²) in [5, 5.41) is 0.817. The van der Waals surface area contributed by atoms with Crippen molar-refractivity contribution in [3.8, 4) is 5.75 Å². The zero-order valence-electron chi connectivity index (χ0n) is 15.6. The van der Waals surface area contributed by atoms with Gasteiger partial charge in [0.15, 0.2) is 12.2 Å². The Bertz CT molecular complexity index is 1080. The number of halogens is 2. The van der Waals surface area contributed by atoms with Crippen molar-refractivity contribution in [1.82, 2.24) is 4.57 Å². The van der Waals surface area contributed by atoms with E-state index in [0.717, 1.165) is 5.56 Å². The lowest BCUT2D eigenvalue weighted by Gasteiger charge is -2.19. The molecule has 2 aromatic carbocycles. The molecule has 28 heavy (non-hydrogen) atoms. The number of oxazole rings is 1. The minimum Gasteiger partial charge on any atom is -0.480 e. The minimum atomic E-state index is -0.613. The first-order valence-corrected chi connectivity index (χ1v) is 9.30. The minimum absolute atomic E-state index is 0.204. The molecule has 8 heteroatoms. The van der Waals surface area contributed by atoms with Crippen molar-refractivity contribution in [2.75, 3.05) is 6.61 Å². The van der Waals surface area contributed by atoms with Gasteiger partial charge in [-0.25, -0.2) is 9.59 Å². The molecule has 0 radical (unpaired) electrons. The molecule has 0 aliphatic carbocycles. The van der Waals surface area contributed by atoms with E-state index in [1.54, 1.807) is 57.2 Å². The van der Waals surface area contributed by atoms with Gasteiger partial charge in [-0.15, -0.1) is 0 Å². The fourth-order valence-corrected chi connectivity index (χ4v) is 3.00. The maximum Gasteiger partial charge on any atom is 0.420 e. The summed E-state index contributed by atoms with van der Waals surface area (Å²) in [6.07, 6.45) is 0. The van der Waals surface area contributed by atoms with Gasteiger partial charge in [0.1, 0.15) is 16.9 Å². The summed E-state index contributed by atoms with van der Waals surface area (Å²) in [6.45, 7) is 5.24. The third-order valence-corrected chi connectivity index (χ3v) is 4.48. The van der Waals surface area contributed by atoms with Crippen molar-refractivity contribution in [2.24, 2.45) is 0 Å². The van der Waals surface area contributed by atoms with E-state index in [4.69, 9.17) is 37.1 Å². The third-order valence-electron chi connectivity index (χ3n) is 3.74. The number of rotatable bonds is 5. The lowest BCUT2D eigenvalue weighted by atomic mass is 10.2. The zero-order chi connectivity index (χ0) is 20.5. The summed E-state index contributed by atoms with van der Waals surface area (Å²) in [5.74, 6) is -0.713. The van der Waals surface area contributed by atoms with E-state index in [1.165, 1.54) is 4.57 Å². The Morgan fingerprint density at radius 1 is 1.14 bits per heavy atom. The Morgan fingerprint density at radius 3 is 2.57 bits per heavy atom. The Balaban J connectivity index is 1.91. The van der Waals surface area contributed by atoms with Crippen LogP contribution in [-0.4, -0.2) is 22.7 Å². The molecule has 0 aliphatic heterocycles. The first kappa shape index (κ1) is 20.3. The van der Waals surface area contributed by atoms with E-state index < -0.39 is 17.3 Å². The highest BCUT2D eigenvalue weighted by molar-refractivity contribution is 6.42. The van der Waals surface area contributed by atoms with Crippen LogP contribution in [0.2, 0.25) is 10.0 Å². The van der Waals surface area contributed by atoms with Gasteiger partial charge >= 0.3 is 11.7 Å². The normalized spacial score (nSPS) is 11.6. The smallest absolute Gasteiger partial charge is 0.420 e. The Hall–Kier alpha value is -2.44. The first-order chi connectivity index (χ1) is 13.1. The topological polar surface area (TPSA) is 70.7 Å². The summed E-state index contributed by atoms with van der Waals surface area (Å²) in [6, 6.07) is 10.1. The zero-order valence-corrected chi connectivity index (χ0v) is 17.1. The number of carbonyl (C=O) groups is 1. The molecule has 148 valence electrons. The second kappa shape index (κ2) is 7.89. The maximum absolute atomic E-state index is 12.4. The number of carbonyl (C=O) groups excluding carboxylic acids is 1. The fraction of sp³-hybridized carbons (Fsp3) is 0.300. The second-order valence-electron chi connectivity index (χ2n) is 7.18. The monoisotopic (exact) mass is 423 g/mol. The van der Waals surface area contributed by atoms with Crippen LogP contribution in [0.1, 0.15) is 26.3 Å². The van der Waals surface area contributed by atoms with Crippen molar-refractivity contribution in [3.63, 3.8) is 0 Å². The summed E-state index contributed by atoms with van der Waals surface area (Å²) in [5.41, 5.74) is 0.952. The summed E-state index contributed by atoms with van der Waals surface area (Å²) in [4.78, 5) is 24.3. The van der Waals surface area contributed by atoms with Crippen molar-refractivity contribution in [2.45, 2.75) is 32.9 Å². The molecule has 0 amide bonds. The number of esters is 1. The SMILES string of the molecule is CC(C)(C)OC(=O)COc1cccc2oc(=O)n(Cc3ccc(Cl)c(Cl)c3)c12. The van der Waals surface area contributed by atoms with E-state index in [0.29, 0.717) is 26.9 Å². The van der Waals surface area contributed by atoms with E-state index in [1.807, 2.05) is 0 Å². The molecule has 0 fully saturated rings. The molecule has 0 unspecified atom stereocenters. The largest absolute Gasteiger partial charge is 0.480 e. The number of nitrogens with zero attached hydrogens (tertiary/aromatic N) is 1. The fourth-order valence-electron chi connectivity index (χ4n) is 2.68. The quantitative estimate of drug-likeness (QED) is 0.557. The van der Waals surface area contributed by atoms with Crippen LogP contribution in [0.5, 0.6) is 5.75 Å². The lowest BCUT2D eigenvalue weighted by Crippen LogP contribution is -2.27.